The minimum atomic E-state index is -0.781. The maximum atomic E-state index is 11.4. The molecule has 102 valence electrons. The summed E-state index contributed by atoms with van der Waals surface area (Å²) in [5.41, 5.74) is 0. The normalized spacial score (nSPS) is 15.0. The van der Waals surface area contributed by atoms with Crippen molar-refractivity contribution in [2.45, 2.75) is 52.1 Å². The molecule has 5 nitrogen and oxygen atoms in total. The first-order valence-electron chi connectivity index (χ1n) is 6.12. The van der Waals surface area contributed by atoms with Gasteiger partial charge in [0.15, 0.2) is 0 Å². The lowest BCUT2D eigenvalue weighted by molar-refractivity contribution is -0.141. The average molecular weight is 254 g/mol. The van der Waals surface area contributed by atoms with Crippen molar-refractivity contribution in [1.29, 1.82) is 0 Å². The second kappa shape index (κ2) is 8.40. The number of hydrogen-bond donors (Lipinski definition) is 3. The van der Waals surface area contributed by atoms with Crippen molar-refractivity contribution in [1.82, 2.24) is 10.6 Å². The van der Waals surface area contributed by atoms with Crippen LogP contribution in [0.25, 0.3) is 0 Å². The monoisotopic (exact) mass is 254 g/mol. The molecular weight excluding hydrogens is 232 g/mol. The van der Waals surface area contributed by atoms with Crippen molar-refractivity contribution in [2.75, 3.05) is 0 Å². The number of urea groups is 1. The lowest BCUT2D eigenvalue weighted by Crippen LogP contribution is -2.44. The number of nitrogens with one attached hydrogen (secondary N) is 2. The number of carboxylic acid groups (broad SMARTS) is 1. The molecule has 0 rings (SSSR count). The first kappa shape index (κ1) is 16.3. The van der Waals surface area contributed by atoms with Crippen LogP contribution in [-0.4, -0.2) is 29.2 Å². The van der Waals surface area contributed by atoms with E-state index in [9.17, 15) is 9.59 Å². The molecule has 5 heteroatoms. The number of amides is 2. The van der Waals surface area contributed by atoms with Crippen LogP contribution in [0.15, 0.2) is 0 Å². The summed E-state index contributed by atoms with van der Waals surface area (Å²) >= 11 is 0. The predicted molar refractivity (Wildman–Crippen MR) is 70.1 cm³/mol. The van der Waals surface area contributed by atoms with E-state index in [2.05, 4.69) is 16.6 Å². The summed E-state index contributed by atoms with van der Waals surface area (Å²) in [6, 6.07) is -0.598. The Morgan fingerprint density at radius 1 is 1.22 bits per heavy atom. The number of rotatable bonds is 7. The molecular formula is C13H22N2O3. The van der Waals surface area contributed by atoms with Crippen LogP contribution in [0.5, 0.6) is 0 Å². The topological polar surface area (TPSA) is 78.4 Å². The highest BCUT2D eigenvalue weighted by molar-refractivity contribution is 5.74. The van der Waals surface area contributed by atoms with Gasteiger partial charge < -0.3 is 15.7 Å². The van der Waals surface area contributed by atoms with Gasteiger partial charge in [-0.3, -0.25) is 4.79 Å². The number of hydrogen-bond acceptors (Lipinski definition) is 2. The molecule has 0 aliphatic rings. The summed E-state index contributed by atoms with van der Waals surface area (Å²) in [5, 5.41) is 14.1. The molecule has 18 heavy (non-hydrogen) atoms. The Morgan fingerprint density at radius 3 is 2.33 bits per heavy atom. The van der Waals surface area contributed by atoms with E-state index >= 15 is 0 Å². The van der Waals surface area contributed by atoms with Crippen LogP contribution in [0.4, 0.5) is 4.79 Å². The first-order valence-corrected chi connectivity index (χ1v) is 6.12. The predicted octanol–water partition coefficient (Wildman–Crippen LogP) is 1.59. The number of carboxylic acids is 1. The minimum absolute atomic E-state index is 0.00373. The van der Waals surface area contributed by atoms with Gasteiger partial charge in [0.25, 0.3) is 0 Å². The van der Waals surface area contributed by atoms with Gasteiger partial charge in [-0.2, -0.15) is 0 Å². The fourth-order valence-corrected chi connectivity index (χ4v) is 1.43. The zero-order valence-electron chi connectivity index (χ0n) is 11.2. The molecule has 3 unspecified atom stereocenters. The Balaban J connectivity index is 3.78. The van der Waals surface area contributed by atoms with Crippen LogP contribution >= 0.6 is 0 Å². The third-order valence-electron chi connectivity index (χ3n) is 2.67. The first-order chi connectivity index (χ1) is 8.36. The largest absolute Gasteiger partial charge is 0.481 e. The van der Waals surface area contributed by atoms with Crippen LogP contribution in [0.3, 0.4) is 0 Å². The molecule has 0 aliphatic carbocycles. The van der Waals surface area contributed by atoms with Gasteiger partial charge in [0, 0.05) is 6.04 Å². The van der Waals surface area contributed by atoms with Crippen molar-refractivity contribution >= 4 is 12.0 Å². The highest BCUT2D eigenvalue weighted by Crippen LogP contribution is 2.09. The Morgan fingerprint density at radius 2 is 1.83 bits per heavy atom. The highest BCUT2D eigenvalue weighted by Gasteiger charge is 2.12. The van der Waals surface area contributed by atoms with Crippen molar-refractivity contribution in [3.8, 4) is 12.3 Å². The van der Waals surface area contributed by atoms with E-state index < -0.39 is 5.97 Å². The second-order valence-electron chi connectivity index (χ2n) is 4.58. The van der Waals surface area contributed by atoms with Crippen LogP contribution in [-0.2, 0) is 4.79 Å². The van der Waals surface area contributed by atoms with Crippen LogP contribution in [0.1, 0.15) is 40.0 Å². The molecule has 0 aromatic carbocycles. The van der Waals surface area contributed by atoms with Crippen LogP contribution in [0, 0.1) is 18.3 Å². The molecule has 0 saturated carbocycles. The molecule has 0 fully saturated rings. The summed E-state index contributed by atoms with van der Waals surface area (Å²) in [6.07, 6.45) is 7.27. The molecule has 2 amide bonds. The molecule has 0 saturated heterocycles. The van der Waals surface area contributed by atoms with E-state index in [-0.39, 0.29) is 24.0 Å². The lowest BCUT2D eigenvalue weighted by Gasteiger charge is -2.16. The fourth-order valence-electron chi connectivity index (χ4n) is 1.43. The standard InChI is InChI=1S/C13H22N2O3/c1-5-10(3)14-13(18)15-11(4)8-6-7-9(2)12(16)17/h1,9-11H,6-8H2,2-4H3,(H,16,17)(H2,14,15,18). The number of carbonyl (C=O) groups excluding carboxylic acids is 1. The molecule has 0 bridgehead atoms. The molecule has 3 atom stereocenters. The number of terminal acetylenes is 1. The van der Waals surface area contributed by atoms with E-state index in [1.54, 1.807) is 13.8 Å². The highest BCUT2D eigenvalue weighted by atomic mass is 16.4. The summed E-state index contributed by atoms with van der Waals surface area (Å²) in [5.74, 6) is 1.28. The van der Waals surface area contributed by atoms with E-state index in [0.29, 0.717) is 6.42 Å². The van der Waals surface area contributed by atoms with Crippen molar-refractivity contribution < 1.29 is 14.7 Å². The van der Waals surface area contributed by atoms with E-state index in [0.717, 1.165) is 12.8 Å². The molecule has 3 N–H and O–H groups in total. The maximum absolute atomic E-state index is 11.4. The number of carbonyl (C=O) groups is 2. The van der Waals surface area contributed by atoms with Crippen molar-refractivity contribution in [3.05, 3.63) is 0 Å². The Labute approximate surface area is 108 Å². The summed E-state index contributed by atoms with van der Waals surface area (Å²) < 4.78 is 0. The molecule has 0 radical (unpaired) electrons. The molecule has 0 aliphatic heterocycles. The summed E-state index contributed by atoms with van der Waals surface area (Å²) in [6.45, 7) is 5.28. The second-order valence-corrected chi connectivity index (χ2v) is 4.58. The van der Waals surface area contributed by atoms with Gasteiger partial charge in [-0.05, 0) is 26.7 Å². The molecule has 0 spiro atoms. The molecule has 0 heterocycles. The van der Waals surface area contributed by atoms with Crippen molar-refractivity contribution in [3.63, 3.8) is 0 Å². The fraction of sp³-hybridized carbons (Fsp3) is 0.692. The van der Waals surface area contributed by atoms with E-state index in [1.807, 2.05) is 6.92 Å². The third-order valence-corrected chi connectivity index (χ3v) is 2.67. The van der Waals surface area contributed by atoms with Gasteiger partial charge in [0.05, 0.1) is 12.0 Å². The maximum Gasteiger partial charge on any atom is 0.315 e. The van der Waals surface area contributed by atoms with Crippen LogP contribution in [0.2, 0.25) is 0 Å². The zero-order valence-corrected chi connectivity index (χ0v) is 11.2. The van der Waals surface area contributed by atoms with E-state index in [1.165, 1.54) is 0 Å². The van der Waals surface area contributed by atoms with Crippen LogP contribution < -0.4 is 10.6 Å². The average Bonchev–Trinajstić information content (AvgIpc) is 2.27. The SMILES string of the molecule is C#CC(C)NC(=O)NC(C)CCCC(C)C(=O)O. The molecule has 0 aromatic rings. The van der Waals surface area contributed by atoms with Gasteiger partial charge in [-0.15, -0.1) is 6.42 Å². The van der Waals surface area contributed by atoms with Gasteiger partial charge in [0.2, 0.25) is 0 Å². The van der Waals surface area contributed by atoms with Crippen molar-refractivity contribution in [2.24, 2.45) is 5.92 Å². The molecule has 0 aromatic heterocycles. The van der Waals surface area contributed by atoms with Gasteiger partial charge in [-0.25, -0.2) is 4.79 Å². The summed E-state index contributed by atoms with van der Waals surface area (Å²) in [4.78, 5) is 22.0. The lowest BCUT2D eigenvalue weighted by atomic mass is 10.0. The third kappa shape index (κ3) is 7.55. The zero-order chi connectivity index (χ0) is 14.1. The quantitative estimate of drug-likeness (QED) is 0.604. The van der Waals surface area contributed by atoms with Gasteiger partial charge in [0.1, 0.15) is 0 Å². The van der Waals surface area contributed by atoms with Gasteiger partial charge in [-0.1, -0.05) is 19.3 Å². The number of aliphatic carboxylic acids is 1. The van der Waals surface area contributed by atoms with E-state index in [4.69, 9.17) is 11.5 Å². The Kier molecular flexibility index (Phi) is 7.61. The van der Waals surface area contributed by atoms with Gasteiger partial charge >= 0.3 is 12.0 Å². The Bertz CT molecular complexity index is 323. The summed E-state index contributed by atoms with van der Waals surface area (Å²) in [7, 11) is 0. The Hall–Kier alpha value is -1.70. The minimum Gasteiger partial charge on any atom is -0.481 e. The smallest absolute Gasteiger partial charge is 0.315 e.